The molecule has 0 aliphatic heterocycles. The molecule has 21 heavy (non-hydrogen) atoms. The van der Waals surface area contributed by atoms with Crippen molar-refractivity contribution >= 4 is 21.2 Å². The van der Waals surface area contributed by atoms with Gasteiger partial charge < -0.3 is 0 Å². The Morgan fingerprint density at radius 1 is 1.05 bits per heavy atom. The molecule has 0 fully saturated rings. The summed E-state index contributed by atoms with van der Waals surface area (Å²) in [5, 5.41) is 1.52. The first kappa shape index (κ1) is 16.2. The molecule has 2 rings (SSSR count). The van der Waals surface area contributed by atoms with Crippen LogP contribution in [0.2, 0.25) is 0 Å². The molecule has 0 amide bonds. The summed E-state index contributed by atoms with van der Waals surface area (Å²) in [4.78, 5) is 1.37. The van der Waals surface area contributed by atoms with E-state index < -0.39 is 15.1 Å². The van der Waals surface area contributed by atoms with E-state index in [4.69, 9.17) is 0 Å². The largest absolute Gasteiger partial charge is 0.223 e. The zero-order valence-corrected chi connectivity index (χ0v) is 14.4. The van der Waals surface area contributed by atoms with Gasteiger partial charge in [0.1, 0.15) is 5.25 Å². The summed E-state index contributed by atoms with van der Waals surface area (Å²) in [7, 11) is -3.33. The van der Waals surface area contributed by atoms with Gasteiger partial charge >= 0.3 is 0 Å². The Kier molecular flexibility index (Phi) is 5.22. The molecule has 0 aliphatic rings. The molecule has 0 spiro atoms. The van der Waals surface area contributed by atoms with Crippen LogP contribution in [0, 0.1) is 12.8 Å². The van der Waals surface area contributed by atoms with Gasteiger partial charge in [0.2, 0.25) is 0 Å². The van der Waals surface area contributed by atoms with Gasteiger partial charge in [-0.05, 0) is 49.3 Å². The minimum absolute atomic E-state index is 0.426. The zero-order chi connectivity index (χ0) is 15.5. The van der Waals surface area contributed by atoms with E-state index in [0.717, 1.165) is 16.9 Å². The maximum absolute atomic E-state index is 13.0. The average molecular weight is 322 g/mol. The highest BCUT2D eigenvalue weighted by Gasteiger charge is 2.29. The molecule has 0 saturated heterocycles. The predicted molar refractivity (Wildman–Crippen MR) is 89.5 cm³/mol. The Bertz CT molecular complexity index is 653. The van der Waals surface area contributed by atoms with E-state index in [1.807, 2.05) is 36.6 Å². The van der Waals surface area contributed by atoms with Crippen LogP contribution in [-0.4, -0.2) is 8.42 Å². The van der Waals surface area contributed by atoms with Crippen molar-refractivity contribution in [2.75, 3.05) is 0 Å². The number of aryl methyl sites for hydroxylation is 1. The lowest BCUT2D eigenvalue weighted by molar-refractivity contribution is 0.528. The maximum atomic E-state index is 13.0. The molecule has 2 nitrogen and oxygen atoms in total. The topological polar surface area (TPSA) is 34.1 Å². The second-order valence-electron chi connectivity index (χ2n) is 5.83. The summed E-state index contributed by atoms with van der Waals surface area (Å²) in [5.41, 5.74) is 1.07. The van der Waals surface area contributed by atoms with E-state index in [9.17, 15) is 8.42 Å². The van der Waals surface area contributed by atoms with Crippen LogP contribution < -0.4 is 0 Å². The first-order valence-electron chi connectivity index (χ1n) is 7.25. The molecule has 1 unspecified atom stereocenters. The molecule has 1 atom stereocenters. The van der Waals surface area contributed by atoms with Gasteiger partial charge in [0, 0.05) is 4.88 Å². The minimum atomic E-state index is -3.33. The number of sulfone groups is 1. The van der Waals surface area contributed by atoms with Gasteiger partial charge in [-0.2, -0.15) is 0 Å². The number of hydrogen-bond acceptors (Lipinski definition) is 3. The van der Waals surface area contributed by atoms with Crippen molar-refractivity contribution in [2.45, 2.75) is 43.8 Å². The standard InChI is InChI=1S/C17H22O2S2/c1-13(2)6-11-17(16-5-4-12-20-16)21(18,19)15-9-7-14(3)8-10-15/h4-5,7-10,12-13,17H,6,11H2,1-3H3. The predicted octanol–water partition coefficient (Wildman–Crippen LogP) is 5.01. The second kappa shape index (κ2) is 6.75. The highest BCUT2D eigenvalue weighted by molar-refractivity contribution is 7.91. The van der Waals surface area contributed by atoms with Gasteiger partial charge in [-0.25, -0.2) is 8.42 Å². The highest BCUT2D eigenvalue weighted by atomic mass is 32.2. The van der Waals surface area contributed by atoms with Crippen molar-refractivity contribution in [2.24, 2.45) is 5.92 Å². The van der Waals surface area contributed by atoms with Crippen LogP contribution in [-0.2, 0) is 9.84 Å². The Balaban J connectivity index is 2.37. The maximum Gasteiger partial charge on any atom is 0.186 e. The third-order valence-corrected chi connectivity index (χ3v) is 6.89. The molecule has 1 aromatic carbocycles. The normalized spacial score (nSPS) is 13.5. The fraction of sp³-hybridized carbons (Fsp3) is 0.412. The molecule has 0 N–H and O–H groups in total. The van der Waals surface area contributed by atoms with Gasteiger partial charge in [-0.1, -0.05) is 37.6 Å². The van der Waals surface area contributed by atoms with Crippen LogP contribution in [0.1, 0.15) is 42.4 Å². The van der Waals surface area contributed by atoms with E-state index in [-0.39, 0.29) is 0 Å². The monoisotopic (exact) mass is 322 g/mol. The van der Waals surface area contributed by atoms with Crippen LogP contribution in [0.15, 0.2) is 46.7 Å². The molecule has 0 saturated carbocycles. The van der Waals surface area contributed by atoms with E-state index in [0.29, 0.717) is 17.2 Å². The SMILES string of the molecule is Cc1ccc(S(=O)(=O)C(CCC(C)C)c2cccs2)cc1. The van der Waals surface area contributed by atoms with Crippen LogP contribution in [0.4, 0.5) is 0 Å². The highest BCUT2D eigenvalue weighted by Crippen LogP contribution is 2.36. The van der Waals surface area contributed by atoms with Crippen LogP contribution in [0.25, 0.3) is 0 Å². The average Bonchev–Trinajstić information content (AvgIpc) is 2.92. The first-order valence-corrected chi connectivity index (χ1v) is 9.68. The molecule has 1 aromatic heterocycles. The quantitative estimate of drug-likeness (QED) is 0.749. The van der Waals surface area contributed by atoms with Crippen molar-refractivity contribution in [1.29, 1.82) is 0 Å². The molecule has 0 radical (unpaired) electrons. The summed E-state index contributed by atoms with van der Waals surface area (Å²) in [6, 6.07) is 11.0. The third-order valence-electron chi connectivity index (χ3n) is 3.59. The van der Waals surface area contributed by atoms with Gasteiger partial charge in [0.25, 0.3) is 0 Å². The lowest BCUT2D eigenvalue weighted by Gasteiger charge is -2.18. The van der Waals surface area contributed by atoms with Crippen molar-refractivity contribution in [3.8, 4) is 0 Å². The molecule has 1 heterocycles. The molecule has 114 valence electrons. The lowest BCUT2D eigenvalue weighted by atomic mass is 10.1. The summed E-state index contributed by atoms with van der Waals surface area (Å²) >= 11 is 1.53. The molecule has 4 heteroatoms. The fourth-order valence-corrected chi connectivity index (χ4v) is 5.26. The van der Waals surface area contributed by atoms with Crippen molar-refractivity contribution in [3.05, 3.63) is 52.2 Å². The number of thiophene rings is 1. The van der Waals surface area contributed by atoms with Gasteiger partial charge in [0.05, 0.1) is 4.90 Å². The zero-order valence-electron chi connectivity index (χ0n) is 12.7. The Labute approximate surface area is 131 Å². The number of benzene rings is 1. The Hall–Kier alpha value is -1.13. The Morgan fingerprint density at radius 2 is 1.71 bits per heavy atom. The van der Waals surface area contributed by atoms with E-state index in [1.54, 1.807) is 12.1 Å². The first-order chi connectivity index (χ1) is 9.91. The molecule has 2 aromatic rings. The second-order valence-corrected chi connectivity index (χ2v) is 8.94. The van der Waals surface area contributed by atoms with Gasteiger partial charge in [0.15, 0.2) is 9.84 Å². The van der Waals surface area contributed by atoms with E-state index in [2.05, 4.69) is 13.8 Å². The van der Waals surface area contributed by atoms with Crippen molar-refractivity contribution < 1.29 is 8.42 Å². The molecule has 0 aliphatic carbocycles. The van der Waals surface area contributed by atoms with Crippen LogP contribution in [0.3, 0.4) is 0 Å². The number of hydrogen-bond donors (Lipinski definition) is 0. The molecular weight excluding hydrogens is 300 g/mol. The van der Waals surface area contributed by atoms with E-state index in [1.165, 1.54) is 11.3 Å². The van der Waals surface area contributed by atoms with Gasteiger partial charge in [-0.3, -0.25) is 0 Å². The summed E-state index contributed by atoms with van der Waals surface area (Å²) in [6.07, 6.45) is 1.59. The molecular formula is C17H22O2S2. The number of rotatable bonds is 6. The van der Waals surface area contributed by atoms with Crippen LogP contribution >= 0.6 is 11.3 Å². The van der Waals surface area contributed by atoms with Crippen LogP contribution in [0.5, 0.6) is 0 Å². The van der Waals surface area contributed by atoms with Gasteiger partial charge in [-0.15, -0.1) is 11.3 Å². The summed E-state index contributed by atoms with van der Waals surface area (Å²) in [5.74, 6) is 0.501. The van der Waals surface area contributed by atoms with Crippen molar-refractivity contribution in [3.63, 3.8) is 0 Å². The third kappa shape index (κ3) is 3.95. The fourth-order valence-electron chi connectivity index (χ4n) is 2.30. The summed E-state index contributed by atoms with van der Waals surface area (Å²) < 4.78 is 25.9. The van der Waals surface area contributed by atoms with E-state index >= 15 is 0 Å². The lowest BCUT2D eigenvalue weighted by Crippen LogP contribution is -2.14. The van der Waals surface area contributed by atoms with Crippen molar-refractivity contribution in [1.82, 2.24) is 0 Å². The summed E-state index contributed by atoms with van der Waals surface area (Å²) in [6.45, 7) is 6.22. The molecule has 0 bridgehead atoms. The smallest absolute Gasteiger partial charge is 0.186 e. The minimum Gasteiger partial charge on any atom is -0.223 e. The Morgan fingerprint density at radius 3 is 2.24 bits per heavy atom.